The summed E-state index contributed by atoms with van der Waals surface area (Å²) in [6.07, 6.45) is 0. The Morgan fingerprint density at radius 1 is 1.50 bits per heavy atom. The molecule has 10 heavy (non-hydrogen) atoms. The summed E-state index contributed by atoms with van der Waals surface area (Å²) < 4.78 is 28.2. The molecule has 0 saturated heterocycles. The van der Waals surface area contributed by atoms with Crippen LogP contribution in [-0.4, -0.2) is 37.3 Å². The van der Waals surface area contributed by atoms with Gasteiger partial charge in [-0.2, -0.15) is 8.42 Å². The van der Waals surface area contributed by atoms with E-state index >= 15 is 0 Å². The molecular weight excluding hydrogens is 162 g/mol. The smallest absolute Gasteiger partial charge is 0.266 e. The van der Waals surface area contributed by atoms with Crippen LogP contribution in [0.25, 0.3) is 0 Å². The molecule has 0 heterocycles. The third-order valence-electron chi connectivity index (χ3n) is 0.703. The Balaban J connectivity index is 3.21. The first kappa shape index (κ1) is 9.79. The predicted octanol–water partition coefficient (Wildman–Crippen LogP) is -1.09. The van der Waals surface area contributed by atoms with Crippen molar-refractivity contribution in [2.75, 3.05) is 19.0 Å². The van der Waals surface area contributed by atoms with E-state index in [0.29, 0.717) is 0 Å². The van der Waals surface area contributed by atoms with Gasteiger partial charge < -0.3 is 0 Å². The van der Waals surface area contributed by atoms with Gasteiger partial charge in [-0.25, -0.2) is 4.89 Å². The highest BCUT2D eigenvalue weighted by Crippen LogP contribution is 1.77. The van der Waals surface area contributed by atoms with Crippen molar-refractivity contribution >= 4 is 10.1 Å². The molecule has 0 atom stereocenters. The van der Waals surface area contributed by atoms with E-state index in [9.17, 15) is 8.42 Å². The van der Waals surface area contributed by atoms with Gasteiger partial charge in [0.15, 0.2) is 0 Å². The zero-order valence-electron chi connectivity index (χ0n) is 5.15. The molecule has 0 radical (unpaired) electrons. The van der Waals surface area contributed by atoms with E-state index in [1.54, 1.807) is 0 Å². The number of hydrogen-bond acceptors (Lipinski definition) is 5. The van der Waals surface area contributed by atoms with E-state index in [2.05, 4.69) is 10.2 Å². The van der Waals surface area contributed by atoms with Crippen molar-refractivity contribution in [1.29, 1.82) is 0 Å². The zero-order chi connectivity index (χ0) is 8.04. The second kappa shape index (κ2) is 4.58. The molecule has 0 spiro atoms. The van der Waals surface area contributed by atoms with Crippen LogP contribution < -0.4 is 5.32 Å². The maximum Gasteiger partial charge on any atom is 0.266 e. The molecule has 62 valence electrons. The van der Waals surface area contributed by atoms with E-state index in [1.165, 1.54) is 0 Å². The summed E-state index contributed by atoms with van der Waals surface area (Å²) in [5.41, 5.74) is 0. The van der Waals surface area contributed by atoms with E-state index < -0.39 is 15.9 Å². The van der Waals surface area contributed by atoms with Crippen LogP contribution in [0.5, 0.6) is 0 Å². The fourth-order valence-electron chi connectivity index (χ4n) is 0.319. The normalized spacial score (nSPS) is 11.8. The van der Waals surface area contributed by atoms with Crippen LogP contribution in [0.15, 0.2) is 0 Å². The predicted molar refractivity (Wildman–Crippen MR) is 33.0 cm³/mol. The molecular formula is C3H9NO5S. The van der Waals surface area contributed by atoms with E-state index in [1.807, 2.05) is 0 Å². The second-order valence-electron chi connectivity index (χ2n) is 1.56. The molecule has 0 aliphatic heterocycles. The number of nitrogens with one attached hydrogen (secondary N) is 1. The lowest BCUT2D eigenvalue weighted by molar-refractivity contribution is -0.247. The van der Waals surface area contributed by atoms with Gasteiger partial charge in [-0.15, -0.1) is 0 Å². The Morgan fingerprint density at radius 2 is 2.10 bits per heavy atom. The lowest BCUT2D eigenvalue weighted by Crippen LogP contribution is -2.24. The Morgan fingerprint density at radius 3 is 2.50 bits per heavy atom. The van der Waals surface area contributed by atoms with Crippen LogP contribution in [0.4, 0.5) is 0 Å². The summed E-state index contributed by atoms with van der Waals surface area (Å²) in [6.45, 7) is -0.116. The standard InChI is InChI=1S/C3H9NO5S/c5-9-3-4-1-2-10(6,7)8/h4-5H,1-3H2,(H,6,7,8). The summed E-state index contributed by atoms with van der Waals surface area (Å²) in [4.78, 5) is 3.57. The van der Waals surface area contributed by atoms with Gasteiger partial charge in [0, 0.05) is 6.54 Å². The summed E-state index contributed by atoms with van der Waals surface area (Å²) in [5, 5.41) is 10.1. The van der Waals surface area contributed by atoms with Gasteiger partial charge >= 0.3 is 0 Å². The monoisotopic (exact) mass is 171 g/mol. The first-order valence-corrected chi connectivity index (χ1v) is 4.09. The second-order valence-corrected chi connectivity index (χ2v) is 3.13. The molecule has 6 nitrogen and oxygen atoms in total. The van der Waals surface area contributed by atoms with Crippen LogP contribution in [0.3, 0.4) is 0 Å². The highest BCUT2D eigenvalue weighted by molar-refractivity contribution is 7.85. The minimum Gasteiger partial charge on any atom is -0.291 e. The lowest BCUT2D eigenvalue weighted by Gasteiger charge is -1.98. The topological polar surface area (TPSA) is 95.9 Å². The molecule has 0 aliphatic carbocycles. The molecule has 0 fully saturated rings. The largest absolute Gasteiger partial charge is 0.291 e. The van der Waals surface area contributed by atoms with Gasteiger partial charge in [0.1, 0.15) is 6.73 Å². The van der Waals surface area contributed by atoms with Crippen LogP contribution in [0.1, 0.15) is 0 Å². The SMILES string of the molecule is O=S(=O)(O)CCNCOO. The molecule has 0 rings (SSSR count). The van der Waals surface area contributed by atoms with Gasteiger partial charge in [-0.3, -0.25) is 15.1 Å². The summed E-state index contributed by atoms with van der Waals surface area (Å²) in [7, 11) is -3.90. The molecule has 0 aromatic heterocycles. The van der Waals surface area contributed by atoms with Crippen molar-refractivity contribution in [1.82, 2.24) is 5.32 Å². The highest BCUT2D eigenvalue weighted by atomic mass is 32.2. The molecule has 0 aromatic carbocycles. The first-order valence-electron chi connectivity index (χ1n) is 2.48. The first-order chi connectivity index (χ1) is 4.56. The molecule has 0 unspecified atom stereocenters. The fourth-order valence-corrected chi connectivity index (χ4v) is 0.721. The van der Waals surface area contributed by atoms with Crippen molar-refractivity contribution in [2.24, 2.45) is 0 Å². The van der Waals surface area contributed by atoms with Gasteiger partial charge in [-0.05, 0) is 0 Å². The molecule has 0 bridgehead atoms. The minimum atomic E-state index is -3.90. The average Bonchev–Trinajstić information content (AvgIpc) is 1.78. The van der Waals surface area contributed by atoms with Gasteiger partial charge in [0.25, 0.3) is 10.1 Å². The van der Waals surface area contributed by atoms with E-state index in [-0.39, 0.29) is 13.3 Å². The molecule has 7 heteroatoms. The number of rotatable bonds is 5. The van der Waals surface area contributed by atoms with Crippen molar-refractivity contribution in [3.8, 4) is 0 Å². The van der Waals surface area contributed by atoms with E-state index in [0.717, 1.165) is 0 Å². The average molecular weight is 171 g/mol. The Kier molecular flexibility index (Phi) is 4.49. The Labute approximate surface area is 58.5 Å². The van der Waals surface area contributed by atoms with Gasteiger partial charge in [0.2, 0.25) is 0 Å². The van der Waals surface area contributed by atoms with Crippen molar-refractivity contribution in [3.05, 3.63) is 0 Å². The van der Waals surface area contributed by atoms with Crippen molar-refractivity contribution in [2.45, 2.75) is 0 Å². The maximum absolute atomic E-state index is 10.0. The van der Waals surface area contributed by atoms with Crippen LogP contribution in [0, 0.1) is 0 Å². The lowest BCUT2D eigenvalue weighted by atomic mass is 10.8. The maximum atomic E-state index is 10.0. The third-order valence-corrected chi connectivity index (χ3v) is 1.42. The number of hydrogen-bond donors (Lipinski definition) is 3. The molecule has 0 saturated carbocycles. The molecule has 3 N–H and O–H groups in total. The van der Waals surface area contributed by atoms with Crippen molar-refractivity contribution in [3.63, 3.8) is 0 Å². The molecule has 0 aromatic rings. The summed E-state index contributed by atoms with van der Waals surface area (Å²) in [6, 6.07) is 0. The fraction of sp³-hybridized carbons (Fsp3) is 1.00. The molecule has 0 amide bonds. The Bertz CT molecular complexity index is 164. The summed E-state index contributed by atoms with van der Waals surface area (Å²) >= 11 is 0. The van der Waals surface area contributed by atoms with Crippen LogP contribution in [0.2, 0.25) is 0 Å². The van der Waals surface area contributed by atoms with Crippen LogP contribution >= 0.6 is 0 Å². The van der Waals surface area contributed by atoms with Gasteiger partial charge in [0.05, 0.1) is 5.75 Å². The zero-order valence-corrected chi connectivity index (χ0v) is 5.97. The highest BCUT2D eigenvalue weighted by Gasteiger charge is 2.01. The van der Waals surface area contributed by atoms with Crippen LogP contribution in [-0.2, 0) is 15.0 Å². The minimum absolute atomic E-state index is 0.0411. The van der Waals surface area contributed by atoms with E-state index in [4.69, 9.17) is 9.81 Å². The quantitative estimate of drug-likeness (QED) is 0.160. The third kappa shape index (κ3) is 7.79. The summed E-state index contributed by atoms with van der Waals surface area (Å²) in [5.74, 6) is -0.393. The molecule has 0 aliphatic rings. The Hall–Kier alpha value is -0.210. The van der Waals surface area contributed by atoms with Crippen molar-refractivity contribution < 1.29 is 23.1 Å². The van der Waals surface area contributed by atoms with Gasteiger partial charge in [-0.1, -0.05) is 0 Å².